The summed E-state index contributed by atoms with van der Waals surface area (Å²) in [6.07, 6.45) is 0. The third kappa shape index (κ3) is 2.99. The van der Waals surface area contributed by atoms with Gasteiger partial charge in [-0.1, -0.05) is 31.5 Å². The zero-order valence-corrected chi connectivity index (χ0v) is 13.4. The molecule has 0 atom stereocenters. The number of carboxylic acid groups (broad SMARTS) is 1. The van der Waals surface area contributed by atoms with Gasteiger partial charge < -0.3 is 5.11 Å². The predicted molar refractivity (Wildman–Crippen MR) is 81.3 cm³/mol. The van der Waals surface area contributed by atoms with Gasteiger partial charge in [0.1, 0.15) is 0 Å². The molecule has 0 spiro atoms. The second-order valence-corrected chi connectivity index (χ2v) is 6.61. The molecule has 3 nitrogen and oxygen atoms in total. The van der Waals surface area contributed by atoms with Crippen molar-refractivity contribution in [1.82, 2.24) is 4.98 Å². The van der Waals surface area contributed by atoms with Crippen LogP contribution in [-0.4, -0.2) is 16.1 Å². The highest BCUT2D eigenvalue weighted by molar-refractivity contribution is 9.10. The number of aromatic carboxylic acids is 1. The van der Waals surface area contributed by atoms with Crippen molar-refractivity contribution in [1.29, 1.82) is 0 Å². The van der Waals surface area contributed by atoms with Gasteiger partial charge in [-0.2, -0.15) is 0 Å². The zero-order chi connectivity index (χ0) is 14.2. The van der Waals surface area contributed by atoms with E-state index in [2.05, 4.69) is 20.9 Å². The number of carbonyl (C=O) groups is 1. The second-order valence-electron chi connectivity index (χ2n) is 4.32. The van der Waals surface area contributed by atoms with Gasteiger partial charge >= 0.3 is 5.97 Å². The van der Waals surface area contributed by atoms with E-state index in [1.54, 1.807) is 12.1 Å². The van der Waals surface area contributed by atoms with Crippen molar-refractivity contribution in [3.63, 3.8) is 0 Å². The first kappa shape index (κ1) is 14.5. The van der Waals surface area contributed by atoms with E-state index in [1.807, 2.05) is 19.9 Å². The molecule has 0 saturated carbocycles. The first-order valence-corrected chi connectivity index (χ1v) is 7.58. The topological polar surface area (TPSA) is 50.2 Å². The average molecular weight is 361 g/mol. The lowest BCUT2D eigenvalue weighted by molar-refractivity contribution is 0.0692. The summed E-state index contributed by atoms with van der Waals surface area (Å²) in [5.41, 5.74) is 0.904. The largest absolute Gasteiger partial charge is 0.476 e. The fourth-order valence-electron chi connectivity index (χ4n) is 1.56. The molecule has 0 fully saturated rings. The minimum atomic E-state index is -1.01. The van der Waals surface area contributed by atoms with Gasteiger partial charge in [0, 0.05) is 10.4 Å². The smallest absolute Gasteiger partial charge is 0.356 e. The Labute approximate surface area is 128 Å². The van der Waals surface area contributed by atoms with Crippen molar-refractivity contribution in [2.24, 2.45) is 0 Å². The number of carboxylic acids is 1. The summed E-state index contributed by atoms with van der Waals surface area (Å²) in [6.45, 7) is 3.98. The molecule has 1 aromatic heterocycles. The number of aromatic nitrogens is 1. The monoisotopic (exact) mass is 359 g/mol. The van der Waals surface area contributed by atoms with Gasteiger partial charge in [0.05, 0.1) is 14.9 Å². The summed E-state index contributed by atoms with van der Waals surface area (Å²) in [5, 5.41) is 10.7. The van der Waals surface area contributed by atoms with Gasteiger partial charge in [0.2, 0.25) is 0 Å². The van der Waals surface area contributed by atoms with E-state index in [4.69, 9.17) is 11.6 Å². The van der Waals surface area contributed by atoms with Gasteiger partial charge in [0.15, 0.2) is 5.69 Å². The fourth-order valence-corrected chi connectivity index (χ4v) is 3.11. The molecule has 1 aromatic carbocycles. The summed E-state index contributed by atoms with van der Waals surface area (Å²) in [5.74, 6) is -0.809. The first-order valence-electron chi connectivity index (χ1n) is 5.59. The number of nitrogens with zero attached hydrogens (tertiary/aromatic N) is 1. The molecule has 100 valence electrons. The second kappa shape index (κ2) is 5.61. The van der Waals surface area contributed by atoms with Crippen LogP contribution in [0.15, 0.2) is 22.7 Å². The minimum absolute atomic E-state index is 0.0999. The number of benzene rings is 1. The van der Waals surface area contributed by atoms with Crippen molar-refractivity contribution in [2.45, 2.75) is 19.8 Å². The highest BCUT2D eigenvalue weighted by Gasteiger charge is 2.20. The number of thiazole rings is 1. The molecule has 6 heteroatoms. The summed E-state index contributed by atoms with van der Waals surface area (Å²) < 4.78 is 0.738. The Hall–Kier alpha value is -0.910. The molecule has 0 unspecified atom stereocenters. The summed E-state index contributed by atoms with van der Waals surface area (Å²) in [4.78, 5) is 16.2. The molecular weight excluding hydrogens is 350 g/mol. The number of hydrogen-bond donors (Lipinski definition) is 1. The highest BCUT2D eigenvalue weighted by Crippen LogP contribution is 2.36. The molecule has 0 saturated heterocycles. The number of rotatable bonds is 3. The Bertz CT molecular complexity index is 640. The molecule has 1 N–H and O–H groups in total. The lowest BCUT2D eigenvalue weighted by atomic mass is 10.1. The van der Waals surface area contributed by atoms with E-state index in [9.17, 15) is 9.90 Å². The third-order valence-electron chi connectivity index (χ3n) is 2.52. The van der Waals surface area contributed by atoms with Crippen LogP contribution in [0.1, 0.15) is 35.3 Å². The van der Waals surface area contributed by atoms with E-state index < -0.39 is 5.97 Å². The number of hydrogen-bond acceptors (Lipinski definition) is 3. The van der Waals surface area contributed by atoms with Crippen LogP contribution in [0.5, 0.6) is 0 Å². The molecule has 0 amide bonds. The molecule has 2 rings (SSSR count). The molecule has 0 radical (unpaired) electrons. The maximum atomic E-state index is 11.3. The van der Waals surface area contributed by atoms with E-state index in [-0.39, 0.29) is 11.6 Å². The third-order valence-corrected chi connectivity index (χ3v) is 5.14. The van der Waals surface area contributed by atoms with Crippen LogP contribution < -0.4 is 0 Å². The Morgan fingerprint density at radius 2 is 2.16 bits per heavy atom. The van der Waals surface area contributed by atoms with Crippen molar-refractivity contribution in [3.8, 4) is 10.4 Å². The Morgan fingerprint density at radius 3 is 2.68 bits per heavy atom. The van der Waals surface area contributed by atoms with Crippen molar-refractivity contribution >= 4 is 44.8 Å². The molecule has 1 heterocycles. The standard InChI is InChI=1S/C13H11BrClNO2S/c1-6(2)12-16-10(13(17)18)11(19-12)7-3-4-9(15)8(14)5-7/h3-6H,1-2H3,(H,17,18). The highest BCUT2D eigenvalue weighted by atomic mass is 79.9. The van der Waals surface area contributed by atoms with Crippen LogP contribution in [0, 0.1) is 0 Å². The molecule has 0 bridgehead atoms. The lowest BCUT2D eigenvalue weighted by Crippen LogP contribution is -1.99. The van der Waals surface area contributed by atoms with E-state index in [0.29, 0.717) is 9.90 Å². The summed E-state index contributed by atoms with van der Waals surface area (Å²) in [7, 11) is 0. The maximum absolute atomic E-state index is 11.3. The van der Waals surface area contributed by atoms with Crippen LogP contribution >= 0.6 is 38.9 Å². The minimum Gasteiger partial charge on any atom is -0.476 e. The van der Waals surface area contributed by atoms with Crippen molar-refractivity contribution < 1.29 is 9.90 Å². The van der Waals surface area contributed by atoms with Gasteiger partial charge in [0.25, 0.3) is 0 Å². The molecule has 0 aliphatic rings. The predicted octanol–water partition coefficient (Wildman–Crippen LogP) is 5.05. The van der Waals surface area contributed by atoms with Crippen LogP contribution in [0.4, 0.5) is 0 Å². The van der Waals surface area contributed by atoms with Crippen molar-refractivity contribution in [2.75, 3.05) is 0 Å². The maximum Gasteiger partial charge on any atom is 0.356 e. The molecular formula is C13H11BrClNO2S. The van der Waals surface area contributed by atoms with E-state index >= 15 is 0 Å². The van der Waals surface area contributed by atoms with Gasteiger partial charge in [-0.25, -0.2) is 9.78 Å². The normalized spacial score (nSPS) is 11.0. The van der Waals surface area contributed by atoms with Gasteiger partial charge in [-0.05, 0) is 33.6 Å². The van der Waals surface area contributed by atoms with Gasteiger partial charge in [-0.15, -0.1) is 11.3 Å². The molecule has 0 aliphatic carbocycles. The summed E-state index contributed by atoms with van der Waals surface area (Å²) in [6, 6.07) is 5.35. The molecule has 19 heavy (non-hydrogen) atoms. The van der Waals surface area contributed by atoms with Crippen LogP contribution in [0.25, 0.3) is 10.4 Å². The SMILES string of the molecule is CC(C)c1nc(C(=O)O)c(-c2ccc(Cl)c(Br)c2)s1. The molecule has 2 aromatic rings. The Balaban J connectivity index is 2.59. The van der Waals surface area contributed by atoms with E-state index in [1.165, 1.54) is 11.3 Å². The van der Waals surface area contributed by atoms with E-state index in [0.717, 1.165) is 15.0 Å². The molecule has 0 aliphatic heterocycles. The number of halogens is 2. The average Bonchev–Trinajstić information content (AvgIpc) is 2.78. The lowest BCUT2D eigenvalue weighted by Gasteiger charge is -2.01. The van der Waals surface area contributed by atoms with Crippen LogP contribution in [0.2, 0.25) is 5.02 Å². The van der Waals surface area contributed by atoms with Gasteiger partial charge in [-0.3, -0.25) is 0 Å². The van der Waals surface area contributed by atoms with Crippen LogP contribution in [-0.2, 0) is 0 Å². The quantitative estimate of drug-likeness (QED) is 0.833. The van der Waals surface area contributed by atoms with Crippen LogP contribution in [0.3, 0.4) is 0 Å². The Morgan fingerprint density at radius 1 is 1.47 bits per heavy atom. The fraction of sp³-hybridized carbons (Fsp3) is 0.231. The zero-order valence-electron chi connectivity index (χ0n) is 10.3. The first-order chi connectivity index (χ1) is 8.90. The van der Waals surface area contributed by atoms with Crippen molar-refractivity contribution in [3.05, 3.63) is 38.4 Å². The Kier molecular flexibility index (Phi) is 4.28. The summed E-state index contributed by atoms with van der Waals surface area (Å²) >= 11 is 10.7.